The van der Waals surface area contributed by atoms with E-state index in [1.807, 2.05) is 24.3 Å². The van der Waals surface area contributed by atoms with Gasteiger partial charge < -0.3 is 9.42 Å². The van der Waals surface area contributed by atoms with E-state index in [9.17, 15) is 4.79 Å². The van der Waals surface area contributed by atoms with E-state index >= 15 is 0 Å². The first-order valence-electron chi connectivity index (χ1n) is 5.07. The van der Waals surface area contributed by atoms with E-state index in [2.05, 4.69) is 21.1 Å². The van der Waals surface area contributed by atoms with E-state index in [-0.39, 0.29) is 11.7 Å². The van der Waals surface area contributed by atoms with Crippen molar-refractivity contribution in [3.05, 3.63) is 52.3 Å². The molecule has 0 saturated heterocycles. The summed E-state index contributed by atoms with van der Waals surface area (Å²) in [6.07, 6.45) is 1.46. The Hall–Kier alpha value is -1.62. The Morgan fingerprint density at radius 3 is 2.94 bits per heavy atom. The Morgan fingerprint density at radius 1 is 1.47 bits per heavy atom. The highest BCUT2D eigenvalue weighted by Gasteiger charge is 2.15. The zero-order valence-corrected chi connectivity index (χ0v) is 10.8. The van der Waals surface area contributed by atoms with Gasteiger partial charge in [-0.3, -0.25) is 4.79 Å². The zero-order chi connectivity index (χ0) is 12.3. The summed E-state index contributed by atoms with van der Waals surface area (Å²) < 4.78 is 5.82. The summed E-state index contributed by atoms with van der Waals surface area (Å²) in [6, 6.07) is 9.38. The van der Waals surface area contributed by atoms with Crippen LogP contribution in [0.2, 0.25) is 0 Å². The van der Waals surface area contributed by atoms with E-state index in [1.54, 1.807) is 18.0 Å². The van der Waals surface area contributed by atoms with Crippen molar-refractivity contribution in [2.45, 2.75) is 6.54 Å². The van der Waals surface area contributed by atoms with Gasteiger partial charge in [0.15, 0.2) is 0 Å². The smallest absolute Gasteiger partial charge is 0.292 e. The molecule has 0 saturated carbocycles. The largest absolute Gasteiger partial charge is 0.351 e. The molecule has 2 rings (SSSR count). The molecule has 1 amide bonds. The van der Waals surface area contributed by atoms with Gasteiger partial charge in [0.05, 0.1) is 6.20 Å². The van der Waals surface area contributed by atoms with Gasteiger partial charge in [0, 0.05) is 24.1 Å². The van der Waals surface area contributed by atoms with Crippen LogP contribution in [0.1, 0.15) is 16.1 Å². The lowest BCUT2D eigenvalue weighted by Crippen LogP contribution is -2.25. The highest BCUT2D eigenvalue weighted by Crippen LogP contribution is 2.14. The monoisotopic (exact) mass is 294 g/mol. The first-order valence-corrected chi connectivity index (χ1v) is 5.86. The quantitative estimate of drug-likeness (QED) is 0.874. The molecule has 0 bridgehead atoms. The van der Waals surface area contributed by atoms with E-state index in [0.29, 0.717) is 6.54 Å². The van der Waals surface area contributed by atoms with Gasteiger partial charge in [-0.2, -0.15) is 0 Å². The van der Waals surface area contributed by atoms with Crippen molar-refractivity contribution >= 4 is 21.8 Å². The molecule has 0 fully saturated rings. The molecule has 5 heteroatoms. The summed E-state index contributed by atoms with van der Waals surface area (Å²) in [5.74, 6) is 0.0740. The molecule has 4 nitrogen and oxygen atoms in total. The highest BCUT2D eigenvalue weighted by atomic mass is 79.9. The van der Waals surface area contributed by atoms with Crippen LogP contribution < -0.4 is 0 Å². The number of rotatable bonds is 3. The number of aromatic nitrogens is 1. The minimum Gasteiger partial charge on any atom is -0.351 e. The summed E-state index contributed by atoms with van der Waals surface area (Å²) in [7, 11) is 1.73. The molecule has 88 valence electrons. The predicted octanol–water partition coefficient (Wildman–Crippen LogP) is 2.71. The Labute approximate surface area is 107 Å². The average Bonchev–Trinajstić information content (AvgIpc) is 2.81. The van der Waals surface area contributed by atoms with Crippen LogP contribution in [-0.2, 0) is 6.54 Å². The Bertz CT molecular complexity index is 511. The maximum Gasteiger partial charge on any atom is 0.292 e. The van der Waals surface area contributed by atoms with Crippen LogP contribution in [0.25, 0.3) is 0 Å². The second kappa shape index (κ2) is 5.14. The van der Waals surface area contributed by atoms with Gasteiger partial charge in [-0.1, -0.05) is 33.2 Å². The van der Waals surface area contributed by atoms with Crippen LogP contribution in [0.5, 0.6) is 0 Å². The van der Waals surface area contributed by atoms with Crippen molar-refractivity contribution in [1.82, 2.24) is 10.1 Å². The SMILES string of the molecule is CN(Cc1cccc(Br)c1)C(=O)c1ccno1. The normalized spacial score (nSPS) is 10.2. The van der Waals surface area contributed by atoms with E-state index in [0.717, 1.165) is 10.0 Å². The van der Waals surface area contributed by atoms with Crippen LogP contribution in [-0.4, -0.2) is 23.0 Å². The fourth-order valence-corrected chi connectivity index (χ4v) is 1.94. The predicted molar refractivity (Wildman–Crippen MR) is 66.4 cm³/mol. The summed E-state index contributed by atoms with van der Waals surface area (Å²) in [4.78, 5) is 13.5. The molecule has 2 aromatic rings. The number of amides is 1. The maximum atomic E-state index is 11.9. The number of hydrogen-bond acceptors (Lipinski definition) is 3. The number of benzene rings is 1. The third-order valence-electron chi connectivity index (χ3n) is 2.30. The van der Waals surface area contributed by atoms with E-state index in [4.69, 9.17) is 4.52 Å². The second-order valence-electron chi connectivity index (χ2n) is 3.67. The van der Waals surface area contributed by atoms with Crippen molar-refractivity contribution in [1.29, 1.82) is 0 Å². The number of halogens is 1. The Balaban J connectivity index is 2.07. The summed E-state index contributed by atoms with van der Waals surface area (Å²) in [6.45, 7) is 0.527. The minimum absolute atomic E-state index is 0.178. The molecule has 1 aromatic heterocycles. The van der Waals surface area contributed by atoms with Crippen LogP contribution in [0.15, 0.2) is 45.5 Å². The van der Waals surface area contributed by atoms with Gasteiger partial charge >= 0.3 is 0 Å². The molecule has 0 radical (unpaired) electrons. The topological polar surface area (TPSA) is 46.3 Å². The van der Waals surface area contributed by atoms with Gasteiger partial charge in [0.2, 0.25) is 5.76 Å². The summed E-state index contributed by atoms with van der Waals surface area (Å²) in [5.41, 5.74) is 1.05. The number of carbonyl (C=O) groups is 1. The molecular weight excluding hydrogens is 284 g/mol. The number of carbonyl (C=O) groups excluding carboxylic acids is 1. The molecule has 0 N–H and O–H groups in total. The van der Waals surface area contributed by atoms with Gasteiger partial charge in [0.1, 0.15) is 0 Å². The molecule has 17 heavy (non-hydrogen) atoms. The van der Waals surface area contributed by atoms with E-state index in [1.165, 1.54) is 6.20 Å². The second-order valence-corrected chi connectivity index (χ2v) is 4.58. The number of hydrogen-bond donors (Lipinski definition) is 0. The van der Waals surface area contributed by atoms with Crippen LogP contribution in [0.3, 0.4) is 0 Å². The molecule has 0 unspecified atom stereocenters. The molecule has 0 atom stereocenters. The van der Waals surface area contributed by atoms with Crippen molar-refractivity contribution in [2.24, 2.45) is 0 Å². The zero-order valence-electron chi connectivity index (χ0n) is 9.26. The fraction of sp³-hybridized carbons (Fsp3) is 0.167. The lowest BCUT2D eigenvalue weighted by Gasteiger charge is -2.15. The Kier molecular flexibility index (Phi) is 3.58. The highest BCUT2D eigenvalue weighted by molar-refractivity contribution is 9.10. The molecular formula is C12H11BrN2O2. The van der Waals surface area contributed by atoms with Gasteiger partial charge in [0.25, 0.3) is 5.91 Å². The lowest BCUT2D eigenvalue weighted by molar-refractivity contribution is 0.0743. The van der Waals surface area contributed by atoms with Crippen molar-refractivity contribution < 1.29 is 9.32 Å². The average molecular weight is 295 g/mol. The fourth-order valence-electron chi connectivity index (χ4n) is 1.50. The lowest BCUT2D eigenvalue weighted by atomic mass is 10.2. The maximum absolute atomic E-state index is 11.9. The van der Waals surface area contributed by atoms with Crippen LogP contribution in [0.4, 0.5) is 0 Å². The van der Waals surface area contributed by atoms with E-state index < -0.39 is 0 Å². The van der Waals surface area contributed by atoms with Gasteiger partial charge in [-0.15, -0.1) is 0 Å². The molecule has 0 aliphatic heterocycles. The van der Waals surface area contributed by atoms with Crippen LogP contribution >= 0.6 is 15.9 Å². The molecule has 0 spiro atoms. The molecule has 0 aliphatic carbocycles. The van der Waals surface area contributed by atoms with Crippen molar-refractivity contribution in [2.75, 3.05) is 7.05 Å². The molecule has 1 heterocycles. The molecule has 0 aliphatic rings. The third-order valence-corrected chi connectivity index (χ3v) is 2.80. The van der Waals surface area contributed by atoms with Crippen molar-refractivity contribution in [3.8, 4) is 0 Å². The van der Waals surface area contributed by atoms with Gasteiger partial charge in [-0.25, -0.2) is 0 Å². The number of nitrogens with zero attached hydrogens (tertiary/aromatic N) is 2. The Morgan fingerprint density at radius 2 is 2.29 bits per heavy atom. The van der Waals surface area contributed by atoms with Crippen LogP contribution in [0, 0.1) is 0 Å². The van der Waals surface area contributed by atoms with Crippen molar-refractivity contribution in [3.63, 3.8) is 0 Å². The first kappa shape index (κ1) is 11.9. The van der Waals surface area contributed by atoms with Gasteiger partial charge in [-0.05, 0) is 17.7 Å². The summed E-state index contributed by atoms with van der Waals surface area (Å²) in [5, 5.41) is 3.52. The first-order chi connectivity index (χ1) is 8.16. The standard InChI is InChI=1S/C12H11BrN2O2/c1-15(12(16)11-5-6-14-17-11)8-9-3-2-4-10(13)7-9/h2-7H,8H2,1H3. The minimum atomic E-state index is -0.178. The molecule has 1 aromatic carbocycles. The summed E-state index contributed by atoms with van der Waals surface area (Å²) >= 11 is 3.40. The third kappa shape index (κ3) is 2.94.